The lowest BCUT2D eigenvalue weighted by Gasteiger charge is -2.28. The first-order valence-electron chi connectivity index (χ1n) is 11.4. The Balaban J connectivity index is 1.32. The van der Waals surface area contributed by atoms with Crippen LogP contribution in [0.4, 0.5) is 17.2 Å². The molecule has 0 saturated carbocycles. The Morgan fingerprint density at radius 2 is 1.91 bits per heavy atom. The summed E-state index contributed by atoms with van der Waals surface area (Å²) >= 11 is 0. The lowest BCUT2D eigenvalue weighted by Crippen LogP contribution is -2.36. The molecule has 0 radical (unpaired) electrons. The van der Waals surface area contributed by atoms with Crippen LogP contribution in [-0.4, -0.2) is 51.6 Å². The van der Waals surface area contributed by atoms with Gasteiger partial charge in [-0.15, -0.1) is 0 Å². The van der Waals surface area contributed by atoms with Crippen LogP contribution in [0.2, 0.25) is 0 Å². The number of ketones is 1. The zero-order chi connectivity index (χ0) is 23.3. The Kier molecular flexibility index (Phi) is 4.86. The van der Waals surface area contributed by atoms with Gasteiger partial charge in [0.2, 0.25) is 0 Å². The van der Waals surface area contributed by atoms with Crippen LogP contribution in [0.25, 0.3) is 16.9 Å². The summed E-state index contributed by atoms with van der Waals surface area (Å²) in [5.41, 5.74) is 4.53. The van der Waals surface area contributed by atoms with Crippen LogP contribution in [0.1, 0.15) is 18.1 Å². The summed E-state index contributed by atoms with van der Waals surface area (Å²) in [6, 6.07) is 14.0. The Bertz CT molecular complexity index is 1390. The van der Waals surface area contributed by atoms with Crippen molar-refractivity contribution in [3.63, 3.8) is 0 Å². The average Bonchev–Trinajstić information content (AvgIpc) is 3.42. The number of anilines is 3. The van der Waals surface area contributed by atoms with E-state index in [1.54, 1.807) is 13.1 Å². The number of carbonyl (C=O) groups excluding carboxylic acids is 1. The van der Waals surface area contributed by atoms with Crippen LogP contribution in [0.15, 0.2) is 61.1 Å². The number of Topliss-reactive ketones (excluding diaryl/α,β-unsaturated/α-hetero) is 1. The van der Waals surface area contributed by atoms with Crippen LogP contribution in [0.3, 0.4) is 0 Å². The van der Waals surface area contributed by atoms with Gasteiger partial charge in [0, 0.05) is 55.0 Å². The number of nitrogens with zero attached hydrogens (tertiary/aromatic N) is 4. The van der Waals surface area contributed by atoms with Crippen LogP contribution >= 0.6 is 0 Å². The average molecular weight is 456 g/mol. The van der Waals surface area contributed by atoms with E-state index in [0.29, 0.717) is 11.4 Å². The van der Waals surface area contributed by atoms with E-state index >= 15 is 0 Å². The number of benzene rings is 2. The molecule has 2 aromatic carbocycles. The van der Waals surface area contributed by atoms with E-state index in [1.807, 2.05) is 47.1 Å². The fourth-order valence-electron chi connectivity index (χ4n) is 4.74. The number of rotatable bonds is 4. The topological polar surface area (TPSA) is 92.0 Å². The highest BCUT2D eigenvalue weighted by atomic mass is 16.5. The smallest absolute Gasteiger partial charge is 0.180 e. The van der Waals surface area contributed by atoms with Crippen LogP contribution in [-0.2, 0) is 21.6 Å². The predicted octanol–water partition coefficient (Wildman–Crippen LogP) is 3.31. The predicted molar refractivity (Wildman–Crippen MR) is 129 cm³/mol. The number of ether oxygens (including phenoxy) is 1. The Hall–Kier alpha value is -3.75. The maximum atomic E-state index is 12.2. The summed E-state index contributed by atoms with van der Waals surface area (Å²) in [6.07, 6.45) is 5.77. The SMILES string of the molecule is C[C@]1(O)C(=O)Cc2cc(-c3cn4ccnc4c(Nc4ccc(N5CCOCC5)cc4)n3)ccc21. The minimum atomic E-state index is -1.42. The Morgan fingerprint density at radius 3 is 2.71 bits per heavy atom. The van der Waals surface area contributed by atoms with Crippen molar-refractivity contribution in [2.24, 2.45) is 0 Å². The molecule has 8 heteroatoms. The molecule has 8 nitrogen and oxygen atoms in total. The lowest BCUT2D eigenvalue weighted by atomic mass is 9.96. The lowest BCUT2D eigenvalue weighted by molar-refractivity contribution is -0.133. The maximum Gasteiger partial charge on any atom is 0.180 e. The van der Waals surface area contributed by atoms with Gasteiger partial charge in [0.25, 0.3) is 0 Å². The molecule has 1 atom stereocenters. The summed E-state index contributed by atoms with van der Waals surface area (Å²) in [5.74, 6) is 0.464. The molecule has 0 amide bonds. The quantitative estimate of drug-likeness (QED) is 0.488. The highest BCUT2D eigenvalue weighted by Crippen LogP contribution is 2.36. The molecule has 0 spiro atoms. The molecule has 172 valence electrons. The zero-order valence-electron chi connectivity index (χ0n) is 18.9. The van der Waals surface area contributed by atoms with Gasteiger partial charge in [0.15, 0.2) is 17.2 Å². The summed E-state index contributed by atoms with van der Waals surface area (Å²) in [4.78, 5) is 23.9. The largest absolute Gasteiger partial charge is 0.378 e. The van der Waals surface area contributed by atoms with Crippen molar-refractivity contribution in [1.29, 1.82) is 0 Å². The molecule has 3 heterocycles. The van der Waals surface area contributed by atoms with Crippen LogP contribution in [0, 0.1) is 0 Å². The van der Waals surface area contributed by atoms with Gasteiger partial charge in [-0.3, -0.25) is 4.79 Å². The van der Waals surface area contributed by atoms with Gasteiger partial charge < -0.3 is 24.5 Å². The summed E-state index contributed by atoms with van der Waals surface area (Å²) in [5, 5.41) is 13.9. The number of hydrogen-bond acceptors (Lipinski definition) is 7. The molecule has 2 aromatic heterocycles. The second kappa shape index (κ2) is 7.93. The first-order valence-corrected chi connectivity index (χ1v) is 11.4. The fourth-order valence-corrected chi connectivity index (χ4v) is 4.74. The molecule has 1 aliphatic heterocycles. The Labute approximate surface area is 196 Å². The third-order valence-corrected chi connectivity index (χ3v) is 6.70. The van der Waals surface area contributed by atoms with E-state index < -0.39 is 5.60 Å². The van der Waals surface area contributed by atoms with E-state index in [1.165, 1.54) is 5.69 Å². The molecular weight excluding hydrogens is 430 g/mol. The number of fused-ring (bicyclic) bond motifs is 2. The number of imidazole rings is 1. The van der Waals surface area contributed by atoms with E-state index in [2.05, 4.69) is 27.3 Å². The van der Waals surface area contributed by atoms with Crippen molar-refractivity contribution >= 4 is 28.6 Å². The first-order chi connectivity index (χ1) is 16.5. The molecule has 1 aliphatic carbocycles. The van der Waals surface area contributed by atoms with Crippen molar-refractivity contribution in [3.8, 4) is 11.3 Å². The number of aromatic nitrogens is 3. The number of aliphatic hydroxyl groups is 1. The minimum Gasteiger partial charge on any atom is -0.378 e. The standard InChI is InChI=1S/C26H25N5O3/c1-26(33)21-7-2-17(14-18(21)15-23(26)32)22-16-31-9-8-27-25(31)24(29-22)28-19-3-5-20(6-4-19)30-10-12-34-13-11-30/h2-9,14,16,33H,10-13,15H2,1H3,(H,28,29)/t26-/m1/s1. The van der Waals surface area contributed by atoms with Gasteiger partial charge in [0.1, 0.15) is 5.60 Å². The molecule has 2 N–H and O–H groups in total. The van der Waals surface area contributed by atoms with E-state index in [0.717, 1.165) is 54.5 Å². The zero-order valence-corrected chi connectivity index (χ0v) is 18.9. The van der Waals surface area contributed by atoms with E-state index in [9.17, 15) is 9.90 Å². The molecule has 2 aliphatic rings. The second-order valence-corrected chi connectivity index (χ2v) is 8.95. The highest BCUT2D eigenvalue weighted by Gasteiger charge is 2.40. The van der Waals surface area contributed by atoms with Gasteiger partial charge in [-0.05, 0) is 48.4 Å². The molecule has 1 saturated heterocycles. The van der Waals surface area contributed by atoms with Crippen molar-refractivity contribution < 1.29 is 14.6 Å². The van der Waals surface area contributed by atoms with Crippen molar-refractivity contribution in [3.05, 3.63) is 72.2 Å². The molecule has 0 bridgehead atoms. The van der Waals surface area contributed by atoms with Crippen LogP contribution in [0.5, 0.6) is 0 Å². The van der Waals surface area contributed by atoms with Crippen LogP contribution < -0.4 is 10.2 Å². The van der Waals surface area contributed by atoms with Crippen molar-refractivity contribution in [1.82, 2.24) is 14.4 Å². The monoisotopic (exact) mass is 455 g/mol. The van der Waals surface area contributed by atoms with E-state index in [-0.39, 0.29) is 12.2 Å². The number of hydrogen-bond donors (Lipinski definition) is 2. The van der Waals surface area contributed by atoms with Crippen molar-refractivity contribution in [2.75, 3.05) is 36.5 Å². The summed E-state index contributed by atoms with van der Waals surface area (Å²) in [7, 11) is 0. The summed E-state index contributed by atoms with van der Waals surface area (Å²) in [6.45, 7) is 4.86. The third-order valence-electron chi connectivity index (χ3n) is 6.70. The second-order valence-electron chi connectivity index (χ2n) is 8.95. The van der Waals surface area contributed by atoms with Crippen molar-refractivity contribution in [2.45, 2.75) is 18.9 Å². The summed E-state index contributed by atoms with van der Waals surface area (Å²) < 4.78 is 7.38. The third kappa shape index (κ3) is 3.52. The number of morpholine rings is 1. The number of carbonyl (C=O) groups is 1. The molecule has 34 heavy (non-hydrogen) atoms. The minimum absolute atomic E-state index is 0.180. The fraction of sp³-hybridized carbons (Fsp3) is 0.269. The Morgan fingerprint density at radius 1 is 1.12 bits per heavy atom. The highest BCUT2D eigenvalue weighted by molar-refractivity contribution is 5.95. The van der Waals surface area contributed by atoms with Gasteiger partial charge in [-0.2, -0.15) is 0 Å². The molecule has 6 rings (SSSR count). The van der Waals surface area contributed by atoms with E-state index in [4.69, 9.17) is 9.72 Å². The maximum absolute atomic E-state index is 12.2. The van der Waals surface area contributed by atoms with Gasteiger partial charge in [0.05, 0.1) is 18.9 Å². The number of nitrogens with one attached hydrogen (secondary N) is 1. The van der Waals surface area contributed by atoms with Gasteiger partial charge >= 0.3 is 0 Å². The molecule has 1 fully saturated rings. The normalized spacial score (nSPS) is 20.1. The van der Waals surface area contributed by atoms with Gasteiger partial charge in [-0.25, -0.2) is 9.97 Å². The molecule has 4 aromatic rings. The van der Waals surface area contributed by atoms with Gasteiger partial charge in [-0.1, -0.05) is 12.1 Å². The first kappa shape index (κ1) is 20.8. The molecule has 0 unspecified atom stereocenters. The molecular formula is C26H25N5O3.